The summed E-state index contributed by atoms with van der Waals surface area (Å²) >= 11 is 0. The van der Waals surface area contributed by atoms with Crippen LogP contribution < -0.4 is 4.90 Å². The first-order valence-corrected chi connectivity index (χ1v) is 5.70. The normalized spacial score (nSPS) is 10.1. The molecular formula is C12H19N3O2. The molecule has 0 amide bonds. The van der Waals surface area contributed by atoms with E-state index in [1.54, 1.807) is 0 Å². The van der Waals surface area contributed by atoms with Crippen LogP contribution in [0.15, 0.2) is 6.07 Å². The molecular weight excluding hydrogens is 218 g/mol. The van der Waals surface area contributed by atoms with Crippen LogP contribution in [-0.4, -0.2) is 36.1 Å². The van der Waals surface area contributed by atoms with Gasteiger partial charge in [-0.05, 0) is 26.3 Å². The molecule has 5 heteroatoms. The molecule has 0 saturated carbocycles. The van der Waals surface area contributed by atoms with Crippen molar-refractivity contribution in [1.29, 1.82) is 0 Å². The summed E-state index contributed by atoms with van der Waals surface area (Å²) in [6.45, 7) is 6.80. The first-order chi connectivity index (χ1) is 8.06. The SMILES string of the molecule is CCCN(CC(=O)OC)c1nc(C)cc(C)n1. The van der Waals surface area contributed by atoms with Crippen LogP contribution in [-0.2, 0) is 9.53 Å². The predicted molar refractivity (Wildman–Crippen MR) is 66.0 cm³/mol. The van der Waals surface area contributed by atoms with Gasteiger partial charge >= 0.3 is 5.97 Å². The number of esters is 1. The molecule has 0 bridgehead atoms. The Bertz CT molecular complexity index is 373. The van der Waals surface area contributed by atoms with Crippen molar-refractivity contribution < 1.29 is 9.53 Å². The van der Waals surface area contributed by atoms with Crippen molar-refractivity contribution in [2.75, 3.05) is 25.1 Å². The smallest absolute Gasteiger partial charge is 0.325 e. The van der Waals surface area contributed by atoms with Gasteiger partial charge in [0.15, 0.2) is 0 Å². The third-order valence-electron chi connectivity index (χ3n) is 2.29. The zero-order valence-electron chi connectivity index (χ0n) is 10.9. The number of hydrogen-bond donors (Lipinski definition) is 0. The summed E-state index contributed by atoms with van der Waals surface area (Å²) in [6.07, 6.45) is 0.924. The number of rotatable bonds is 5. The standard InChI is InChI=1S/C12H19N3O2/c1-5-6-15(8-11(16)17-4)12-13-9(2)7-10(3)14-12/h7H,5-6,8H2,1-4H3. The van der Waals surface area contributed by atoms with Crippen LogP contribution in [0.4, 0.5) is 5.95 Å². The molecule has 0 aliphatic carbocycles. The lowest BCUT2D eigenvalue weighted by atomic mass is 10.3. The molecule has 94 valence electrons. The van der Waals surface area contributed by atoms with E-state index in [0.29, 0.717) is 5.95 Å². The topological polar surface area (TPSA) is 55.3 Å². The number of anilines is 1. The van der Waals surface area contributed by atoms with E-state index in [0.717, 1.165) is 24.4 Å². The minimum Gasteiger partial charge on any atom is -0.468 e. The van der Waals surface area contributed by atoms with Gasteiger partial charge < -0.3 is 9.64 Å². The summed E-state index contributed by atoms with van der Waals surface area (Å²) in [5.74, 6) is 0.316. The van der Waals surface area contributed by atoms with Crippen LogP contribution in [0.25, 0.3) is 0 Å². The van der Waals surface area contributed by atoms with Gasteiger partial charge in [0.1, 0.15) is 6.54 Å². The first kappa shape index (κ1) is 13.4. The lowest BCUT2D eigenvalue weighted by molar-refractivity contribution is -0.138. The Kier molecular flexibility index (Phi) is 4.87. The maximum Gasteiger partial charge on any atom is 0.325 e. The van der Waals surface area contributed by atoms with Crippen molar-refractivity contribution in [1.82, 2.24) is 9.97 Å². The van der Waals surface area contributed by atoms with Crippen LogP contribution in [0.3, 0.4) is 0 Å². The molecule has 1 aromatic rings. The van der Waals surface area contributed by atoms with Gasteiger partial charge in [0.25, 0.3) is 0 Å². The number of carbonyl (C=O) groups excluding carboxylic acids is 1. The van der Waals surface area contributed by atoms with E-state index in [2.05, 4.69) is 14.7 Å². The average Bonchev–Trinajstić information content (AvgIpc) is 2.27. The monoisotopic (exact) mass is 237 g/mol. The van der Waals surface area contributed by atoms with Crippen molar-refractivity contribution in [2.24, 2.45) is 0 Å². The molecule has 0 N–H and O–H groups in total. The Morgan fingerprint density at radius 1 is 1.35 bits per heavy atom. The summed E-state index contributed by atoms with van der Waals surface area (Å²) in [5, 5.41) is 0. The molecule has 0 aliphatic heterocycles. The van der Waals surface area contributed by atoms with Gasteiger partial charge in [0.05, 0.1) is 7.11 Å². The highest BCUT2D eigenvalue weighted by Crippen LogP contribution is 2.10. The zero-order chi connectivity index (χ0) is 12.8. The Balaban J connectivity index is 2.91. The van der Waals surface area contributed by atoms with Gasteiger partial charge in [0, 0.05) is 17.9 Å². The van der Waals surface area contributed by atoms with E-state index >= 15 is 0 Å². The molecule has 17 heavy (non-hydrogen) atoms. The minimum atomic E-state index is -0.277. The summed E-state index contributed by atoms with van der Waals surface area (Å²) in [4.78, 5) is 21.9. The molecule has 0 saturated heterocycles. The van der Waals surface area contributed by atoms with Gasteiger partial charge in [-0.15, -0.1) is 0 Å². The summed E-state index contributed by atoms with van der Waals surface area (Å²) in [7, 11) is 1.38. The van der Waals surface area contributed by atoms with Gasteiger partial charge in [-0.3, -0.25) is 4.79 Å². The molecule has 0 atom stereocenters. The van der Waals surface area contributed by atoms with Crippen LogP contribution in [0.1, 0.15) is 24.7 Å². The van der Waals surface area contributed by atoms with Crippen molar-refractivity contribution >= 4 is 11.9 Å². The quantitative estimate of drug-likeness (QED) is 0.726. The molecule has 5 nitrogen and oxygen atoms in total. The van der Waals surface area contributed by atoms with E-state index in [1.807, 2.05) is 31.7 Å². The number of aromatic nitrogens is 2. The number of carbonyl (C=O) groups is 1. The second-order valence-corrected chi connectivity index (χ2v) is 3.95. The Morgan fingerprint density at radius 3 is 2.41 bits per heavy atom. The third-order valence-corrected chi connectivity index (χ3v) is 2.29. The van der Waals surface area contributed by atoms with E-state index in [1.165, 1.54) is 7.11 Å². The molecule has 0 unspecified atom stereocenters. The van der Waals surface area contributed by atoms with Crippen molar-refractivity contribution in [3.05, 3.63) is 17.5 Å². The second-order valence-electron chi connectivity index (χ2n) is 3.95. The molecule has 0 fully saturated rings. The fourth-order valence-electron chi connectivity index (χ4n) is 1.59. The van der Waals surface area contributed by atoms with Crippen LogP contribution in [0.2, 0.25) is 0 Å². The largest absolute Gasteiger partial charge is 0.468 e. The summed E-state index contributed by atoms with van der Waals surface area (Å²) in [5.41, 5.74) is 1.80. The Hall–Kier alpha value is -1.65. The van der Waals surface area contributed by atoms with Crippen LogP contribution >= 0.6 is 0 Å². The number of ether oxygens (including phenoxy) is 1. The number of nitrogens with zero attached hydrogens (tertiary/aromatic N) is 3. The van der Waals surface area contributed by atoms with E-state index in [-0.39, 0.29) is 12.5 Å². The molecule has 0 aliphatic rings. The molecule has 1 heterocycles. The minimum absolute atomic E-state index is 0.188. The maximum absolute atomic E-state index is 11.3. The van der Waals surface area contributed by atoms with Crippen LogP contribution in [0, 0.1) is 13.8 Å². The van der Waals surface area contributed by atoms with Gasteiger partial charge in [-0.25, -0.2) is 9.97 Å². The van der Waals surface area contributed by atoms with Crippen molar-refractivity contribution in [3.63, 3.8) is 0 Å². The van der Waals surface area contributed by atoms with Gasteiger partial charge in [-0.2, -0.15) is 0 Å². The number of aryl methyl sites for hydroxylation is 2. The Labute approximate surface area is 102 Å². The number of methoxy groups -OCH3 is 1. The van der Waals surface area contributed by atoms with Gasteiger partial charge in [-0.1, -0.05) is 6.92 Å². The average molecular weight is 237 g/mol. The second kappa shape index (κ2) is 6.18. The first-order valence-electron chi connectivity index (χ1n) is 5.70. The fourth-order valence-corrected chi connectivity index (χ4v) is 1.59. The lowest BCUT2D eigenvalue weighted by Gasteiger charge is -2.21. The predicted octanol–water partition coefficient (Wildman–Crippen LogP) is 1.48. The van der Waals surface area contributed by atoms with E-state index in [9.17, 15) is 4.79 Å². The van der Waals surface area contributed by atoms with E-state index in [4.69, 9.17) is 0 Å². The number of hydrogen-bond acceptors (Lipinski definition) is 5. The molecule has 0 radical (unpaired) electrons. The molecule has 0 aromatic carbocycles. The van der Waals surface area contributed by atoms with E-state index < -0.39 is 0 Å². The van der Waals surface area contributed by atoms with Crippen molar-refractivity contribution in [3.8, 4) is 0 Å². The zero-order valence-corrected chi connectivity index (χ0v) is 10.9. The van der Waals surface area contributed by atoms with Crippen molar-refractivity contribution in [2.45, 2.75) is 27.2 Å². The lowest BCUT2D eigenvalue weighted by Crippen LogP contribution is -2.33. The molecule has 0 spiro atoms. The summed E-state index contributed by atoms with van der Waals surface area (Å²) < 4.78 is 4.67. The highest BCUT2D eigenvalue weighted by atomic mass is 16.5. The fraction of sp³-hybridized carbons (Fsp3) is 0.583. The maximum atomic E-state index is 11.3. The molecule has 1 rings (SSSR count). The molecule has 1 aromatic heterocycles. The summed E-state index contributed by atoms with van der Waals surface area (Å²) in [6, 6.07) is 1.91. The van der Waals surface area contributed by atoms with Crippen LogP contribution in [0.5, 0.6) is 0 Å². The highest BCUT2D eigenvalue weighted by Gasteiger charge is 2.14. The highest BCUT2D eigenvalue weighted by molar-refractivity contribution is 5.74. The van der Waals surface area contributed by atoms with Gasteiger partial charge in [0.2, 0.25) is 5.95 Å². The Morgan fingerprint density at radius 2 is 1.94 bits per heavy atom. The third kappa shape index (κ3) is 4.01.